The lowest BCUT2D eigenvalue weighted by molar-refractivity contribution is -0.123. The molecule has 0 aromatic heterocycles. The van der Waals surface area contributed by atoms with Gasteiger partial charge in [-0.1, -0.05) is 18.6 Å². The van der Waals surface area contributed by atoms with Gasteiger partial charge >= 0.3 is 0 Å². The summed E-state index contributed by atoms with van der Waals surface area (Å²) in [6.45, 7) is 2.58. The lowest BCUT2D eigenvalue weighted by Crippen LogP contribution is -2.38. The maximum atomic E-state index is 12.5. The molecule has 1 saturated heterocycles. The predicted octanol–water partition coefficient (Wildman–Crippen LogP) is 2.68. The standard InChI is InChI=1S/C20H30N4O2.2ClH/c21-17-5-2-4-16(12-17)20(26)23-18-6-1-3-14(11-18)13-24-9-7-15(8-10-24)19(22)25;;/h1,3,6,11,15-17H,2,4-5,7-10,12-13,21H2,(H2,22,25)(H,23,26);2*1H. The number of nitrogens with one attached hydrogen (secondary N) is 1. The number of hydrogen-bond donors (Lipinski definition) is 3. The molecule has 0 spiro atoms. The van der Waals surface area contributed by atoms with E-state index in [1.54, 1.807) is 0 Å². The topological polar surface area (TPSA) is 101 Å². The van der Waals surface area contributed by atoms with Crippen LogP contribution in [0.1, 0.15) is 44.1 Å². The first-order valence-electron chi connectivity index (χ1n) is 9.68. The largest absolute Gasteiger partial charge is 0.369 e. The fourth-order valence-corrected chi connectivity index (χ4v) is 4.09. The van der Waals surface area contributed by atoms with Crippen LogP contribution in [-0.2, 0) is 16.1 Å². The summed E-state index contributed by atoms with van der Waals surface area (Å²) in [6, 6.07) is 8.18. The van der Waals surface area contributed by atoms with E-state index in [9.17, 15) is 9.59 Å². The van der Waals surface area contributed by atoms with Crippen LogP contribution in [0.3, 0.4) is 0 Å². The van der Waals surface area contributed by atoms with E-state index in [1.807, 2.05) is 18.2 Å². The maximum absolute atomic E-state index is 12.5. The van der Waals surface area contributed by atoms with Gasteiger partial charge in [-0.2, -0.15) is 0 Å². The Balaban J connectivity index is 0.00000196. The second-order valence-corrected chi connectivity index (χ2v) is 7.77. The predicted molar refractivity (Wildman–Crippen MR) is 117 cm³/mol. The molecule has 8 heteroatoms. The highest BCUT2D eigenvalue weighted by Crippen LogP contribution is 2.25. The van der Waals surface area contributed by atoms with Crippen molar-refractivity contribution >= 4 is 42.3 Å². The van der Waals surface area contributed by atoms with Gasteiger partial charge in [0.25, 0.3) is 0 Å². The van der Waals surface area contributed by atoms with Gasteiger partial charge in [-0.25, -0.2) is 0 Å². The van der Waals surface area contributed by atoms with E-state index in [0.717, 1.165) is 63.8 Å². The Hall–Kier alpha value is -1.34. The summed E-state index contributed by atoms with van der Waals surface area (Å²) in [5.41, 5.74) is 13.4. The number of likely N-dealkylation sites (tertiary alicyclic amines) is 1. The molecular formula is C20H32Cl2N4O2. The third-order valence-electron chi connectivity index (χ3n) is 5.68. The van der Waals surface area contributed by atoms with E-state index in [4.69, 9.17) is 11.5 Å². The number of nitrogens with zero attached hydrogens (tertiary/aromatic N) is 1. The Labute approximate surface area is 179 Å². The molecule has 2 fully saturated rings. The molecule has 5 N–H and O–H groups in total. The summed E-state index contributed by atoms with van der Waals surface area (Å²) in [5, 5.41) is 3.06. The molecule has 0 radical (unpaired) electrons. The molecule has 6 nitrogen and oxygen atoms in total. The number of halogens is 2. The van der Waals surface area contributed by atoms with Crippen LogP contribution in [-0.4, -0.2) is 35.8 Å². The number of nitrogens with two attached hydrogens (primary N) is 2. The Bertz CT molecular complexity index is 651. The lowest BCUT2D eigenvalue weighted by atomic mass is 9.85. The molecule has 2 amide bonds. The molecule has 2 aliphatic rings. The number of piperidine rings is 1. The zero-order chi connectivity index (χ0) is 18.5. The van der Waals surface area contributed by atoms with Gasteiger partial charge in [0, 0.05) is 30.1 Å². The minimum atomic E-state index is -0.184. The van der Waals surface area contributed by atoms with E-state index in [0.29, 0.717) is 0 Å². The lowest BCUT2D eigenvalue weighted by Gasteiger charge is -2.30. The highest BCUT2D eigenvalue weighted by atomic mass is 35.5. The monoisotopic (exact) mass is 430 g/mol. The van der Waals surface area contributed by atoms with Crippen LogP contribution in [0.15, 0.2) is 24.3 Å². The maximum Gasteiger partial charge on any atom is 0.227 e. The van der Waals surface area contributed by atoms with Gasteiger partial charge in [0.1, 0.15) is 0 Å². The molecule has 158 valence electrons. The minimum Gasteiger partial charge on any atom is -0.369 e. The Kier molecular flexibility index (Phi) is 10.2. The van der Waals surface area contributed by atoms with Gasteiger partial charge in [-0.3, -0.25) is 14.5 Å². The number of carbonyl (C=O) groups excluding carboxylic acids is 2. The Morgan fingerprint density at radius 3 is 2.43 bits per heavy atom. The average Bonchev–Trinajstić information content (AvgIpc) is 2.62. The van der Waals surface area contributed by atoms with Crippen LogP contribution in [0.25, 0.3) is 0 Å². The number of hydrogen-bond acceptors (Lipinski definition) is 4. The first-order chi connectivity index (χ1) is 12.5. The Morgan fingerprint density at radius 2 is 1.79 bits per heavy atom. The zero-order valence-electron chi connectivity index (χ0n) is 16.1. The normalized spacial score (nSPS) is 23.2. The zero-order valence-corrected chi connectivity index (χ0v) is 17.8. The van der Waals surface area contributed by atoms with E-state index in [-0.39, 0.29) is 54.5 Å². The van der Waals surface area contributed by atoms with Gasteiger partial charge in [0.15, 0.2) is 0 Å². The SMILES string of the molecule is Cl.Cl.NC(=O)C1CCN(Cc2cccc(NC(=O)C3CCCC(N)C3)c2)CC1. The molecule has 2 atom stereocenters. The highest BCUT2D eigenvalue weighted by Gasteiger charge is 2.26. The van der Waals surface area contributed by atoms with Crippen LogP contribution in [0.5, 0.6) is 0 Å². The van der Waals surface area contributed by atoms with Gasteiger partial charge in [-0.15, -0.1) is 24.8 Å². The van der Waals surface area contributed by atoms with Crippen molar-refractivity contribution in [2.24, 2.45) is 23.3 Å². The van der Waals surface area contributed by atoms with Crippen molar-refractivity contribution in [2.45, 2.75) is 51.1 Å². The Morgan fingerprint density at radius 1 is 1.07 bits per heavy atom. The third kappa shape index (κ3) is 6.92. The van der Waals surface area contributed by atoms with Gasteiger partial charge in [-0.05, 0) is 62.9 Å². The number of benzene rings is 1. The van der Waals surface area contributed by atoms with Gasteiger partial charge in [0.2, 0.25) is 11.8 Å². The molecule has 1 aliphatic carbocycles. The molecule has 1 saturated carbocycles. The molecule has 1 heterocycles. The van der Waals surface area contributed by atoms with Crippen LogP contribution < -0.4 is 16.8 Å². The summed E-state index contributed by atoms with van der Waals surface area (Å²) in [4.78, 5) is 26.1. The van der Waals surface area contributed by atoms with E-state index < -0.39 is 0 Å². The fourth-order valence-electron chi connectivity index (χ4n) is 4.09. The summed E-state index contributed by atoms with van der Waals surface area (Å²) < 4.78 is 0. The highest BCUT2D eigenvalue weighted by molar-refractivity contribution is 5.92. The smallest absolute Gasteiger partial charge is 0.227 e. The number of carbonyl (C=O) groups is 2. The third-order valence-corrected chi connectivity index (χ3v) is 5.68. The van der Waals surface area contributed by atoms with Crippen LogP contribution in [0, 0.1) is 11.8 Å². The van der Waals surface area contributed by atoms with E-state index >= 15 is 0 Å². The van der Waals surface area contributed by atoms with Crippen molar-refractivity contribution in [3.8, 4) is 0 Å². The molecule has 1 aromatic carbocycles. The second-order valence-electron chi connectivity index (χ2n) is 7.77. The van der Waals surface area contributed by atoms with Crippen LogP contribution in [0.4, 0.5) is 5.69 Å². The fraction of sp³-hybridized carbons (Fsp3) is 0.600. The molecule has 28 heavy (non-hydrogen) atoms. The second kappa shape index (κ2) is 11.6. The van der Waals surface area contributed by atoms with Gasteiger partial charge < -0.3 is 16.8 Å². The molecule has 3 rings (SSSR count). The molecule has 1 aliphatic heterocycles. The quantitative estimate of drug-likeness (QED) is 0.667. The van der Waals surface area contributed by atoms with Crippen molar-refractivity contribution in [1.82, 2.24) is 4.90 Å². The van der Waals surface area contributed by atoms with Crippen LogP contribution >= 0.6 is 24.8 Å². The van der Waals surface area contributed by atoms with E-state index in [1.165, 1.54) is 5.56 Å². The van der Waals surface area contributed by atoms with Crippen molar-refractivity contribution in [1.29, 1.82) is 0 Å². The first-order valence-corrected chi connectivity index (χ1v) is 9.68. The molecule has 0 bridgehead atoms. The van der Waals surface area contributed by atoms with Crippen LogP contribution in [0.2, 0.25) is 0 Å². The number of rotatable bonds is 5. The summed E-state index contributed by atoms with van der Waals surface area (Å²) in [7, 11) is 0. The number of amides is 2. The van der Waals surface area contributed by atoms with Crippen molar-refractivity contribution in [3.05, 3.63) is 29.8 Å². The van der Waals surface area contributed by atoms with Gasteiger partial charge in [0.05, 0.1) is 0 Å². The summed E-state index contributed by atoms with van der Waals surface area (Å²) >= 11 is 0. The molecule has 2 unspecified atom stereocenters. The summed E-state index contributed by atoms with van der Waals surface area (Å²) in [6.07, 6.45) is 5.40. The van der Waals surface area contributed by atoms with Crippen molar-refractivity contribution in [3.63, 3.8) is 0 Å². The minimum absolute atomic E-state index is 0. The summed E-state index contributed by atoms with van der Waals surface area (Å²) in [5.74, 6) is -0.0645. The number of primary amides is 1. The molecular weight excluding hydrogens is 399 g/mol. The average molecular weight is 431 g/mol. The van der Waals surface area contributed by atoms with Crippen molar-refractivity contribution in [2.75, 3.05) is 18.4 Å². The van der Waals surface area contributed by atoms with Crippen molar-refractivity contribution < 1.29 is 9.59 Å². The first kappa shape index (κ1) is 24.7. The van der Waals surface area contributed by atoms with E-state index in [2.05, 4.69) is 16.3 Å². The molecule has 1 aromatic rings. The number of anilines is 1.